The van der Waals surface area contributed by atoms with Crippen LogP contribution < -0.4 is 0 Å². The lowest BCUT2D eigenvalue weighted by Gasteiger charge is -2.27. The first-order valence-electron chi connectivity index (χ1n) is 51.5. The van der Waals surface area contributed by atoms with Crippen molar-refractivity contribution in [3.63, 3.8) is 0 Å². The number of benzene rings is 14. The average Bonchev–Trinajstić information content (AvgIpc) is 1.56. The van der Waals surface area contributed by atoms with Gasteiger partial charge in [0.25, 0.3) is 0 Å². The molecule has 0 fully saturated rings. The Hall–Kier alpha value is -11.7. The number of rotatable bonds is 8. The summed E-state index contributed by atoms with van der Waals surface area (Å²) in [4.78, 5) is 0. The first-order chi connectivity index (χ1) is 64.5. The summed E-state index contributed by atoms with van der Waals surface area (Å²) in [5.41, 5.74) is 30.5. The van der Waals surface area contributed by atoms with Crippen LogP contribution in [0.15, 0.2) is 279 Å². The van der Waals surface area contributed by atoms with Crippen molar-refractivity contribution >= 4 is 87.2 Å². The number of aryl methyl sites for hydroxylation is 2. The van der Waals surface area contributed by atoms with Gasteiger partial charge in [0.2, 0.25) is 0 Å². The van der Waals surface area contributed by atoms with Gasteiger partial charge in [-0.3, -0.25) is 0 Å². The molecule has 14 aromatic carbocycles. The summed E-state index contributed by atoms with van der Waals surface area (Å²) in [6.45, 7) is 71.8. The highest BCUT2D eigenvalue weighted by atomic mass is 15.0. The van der Waals surface area contributed by atoms with Crippen molar-refractivity contribution in [3.8, 4) is 67.3 Å². The van der Waals surface area contributed by atoms with Gasteiger partial charge in [0.15, 0.2) is 0 Å². The van der Waals surface area contributed by atoms with Crippen LogP contribution in [0, 0.1) is 13.8 Å². The molecule has 0 saturated heterocycles. The van der Waals surface area contributed by atoms with Gasteiger partial charge in [0.1, 0.15) is 0 Å². The van der Waals surface area contributed by atoms with Gasteiger partial charge in [-0.1, -0.05) is 385 Å². The van der Waals surface area contributed by atoms with E-state index in [0.717, 1.165) is 60.5 Å². The lowest BCUT2D eigenvalue weighted by molar-refractivity contribution is 0.568. The third-order valence-electron chi connectivity index (χ3n) is 25.5. The Morgan fingerprint density at radius 2 is 0.434 bits per heavy atom. The van der Waals surface area contributed by atoms with E-state index < -0.39 is 60.4 Å². The van der Waals surface area contributed by atoms with E-state index in [1.807, 2.05) is 65.8 Å². The van der Waals surface area contributed by atoms with Gasteiger partial charge in [0, 0.05) is 54.5 Å². The molecule has 0 amide bonds. The van der Waals surface area contributed by atoms with Crippen LogP contribution in [0.3, 0.4) is 0 Å². The van der Waals surface area contributed by atoms with Crippen molar-refractivity contribution in [2.45, 2.75) is 272 Å². The van der Waals surface area contributed by atoms with Crippen molar-refractivity contribution in [1.82, 2.24) is 18.3 Å². The van der Waals surface area contributed by atoms with E-state index in [-0.39, 0.29) is 73.0 Å². The minimum absolute atomic E-state index is 0. The van der Waals surface area contributed by atoms with Crippen LogP contribution in [0.1, 0.15) is 284 Å². The van der Waals surface area contributed by atoms with E-state index in [0.29, 0.717) is 5.69 Å². The molecule has 0 bridgehead atoms. The molecular formula is C125H146N4. The minimum atomic E-state index is -0.532. The monoisotopic (exact) mass is 1710 g/mol. The van der Waals surface area contributed by atoms with Gasteiger partial charge in [-0.2, -0.15) is 0 Å². The van der Waals surface area contributed by atoms with Crippen LogP contribution in [0.5, 0.6) is 0 Å². The minimum Gasteiger partial charge on any atom is -0.309 e. The topological polar surface area (TPSA) is 19.7 Å². The number of para-hydroxylation sites is 2. The Morgan fingerprint density at radius 3 is 0.690 bits per heavy atom. The van der Waals surface area contributed by atoms with Gasteiger partial charge < -0.3 is 18.3 Å². The smallest absolute Gasteiger partial charge is 0.0629 e. The third kappa shape index (κ3) is 18.3. The summed E-state index contributed by atoms with van der Waals surface area (Å²) in [5, 5.41) is 9.34. The van der Waals surface area contributed by atoms with Gasteiger partial charge in [-0.15, -0.1) is 0 Å². The predicted molar refractivity (Wildman–Crippen MR) is 572 cm³/mol. The molecule has 18 aromatic rings. The van der Waals surface area contributed by atoms with Gasteiger partial charge in [-0.05, 0) is 267 Å². The van der Waals surface area contributed by atoms with E-state index in [1.165, 1.54) is 122 Å². The normalized spacial score (nSPS) is 13.5. The Bertz CT molecular complexity index is 7410. The van der Waals surface area contributed by atoms with Gasteiger partial charge in [0.05, 0.1) is 69.2 Å². The fourth-order valence-corrected chi connectivity index (χ4v) is 18.1. The summed E-state index contributed by atoms with van der Waals surface area (Å²) in [5.74, 6) is 0. The SMILES string of the molecule is C.CC.CC.CC.Cc1c(-n2c3ccc(C(C)(C)C)cc3c3cc(C(C)(C)C)ccc32)ccc2c3ccccc3n(-c3cc(-c4cc(C(C)(C)C)cc(C(C)(C)C)c4)cc(-c4cc(C(C)(C)C)cc(C(C)(C)C)c4)c3)c12.[2H]c1c([2H])c([2H])c(-c2cc(-c3c([2H])c([2H])c([2H])c([2H])c3[2H])cc(-n3c4ccccc4c4ccc(-n5c6ccc(C(C)(C)C)cc6c6cc(C(C)(C)C)ccc65)c(C)c43)c2)c([2H])c1[2H]. The Balaban J connectivity index is 0.000000222. The average molecular weight is 1710 g/mol. The first kappa shape index (κ1) is 81.7. The molecule has 0 spiro atoms. The van der Waals surface area contributed by atoms with E-state index in [9.17, 15) is 0 Å². The van der Waals surface area contributed by atoms with Crippen molar-refractivity contribution in [2.75, 3.05) is 0 Å². The Kier molecular flexibility index (Phi) is 22.6. The molecule has 0 aliphatic carbocycles. The van der Waals surface area contributed by atoms with E-state index in [4.69, 9.17) is 13.7 Å². The number of fused-ring (bicyclic) bond motifs is 12. The van der Waals surface area contributed by atoms with Crippen LogP contribution in [0.25, 0.3) is 154 Å². The van der Waals surface area contributed by atoms with Gasteiger partial charge in [-0.25, -0.2) is 0 Å². The zero-order valence-corrected chi connectivity index (χ0v) is 82.6. The molecule has 4 nitrogen and oxygen atoms in total. The molecule has 0 aliphatic heterocycles. The molecule has 0 radical (unpaired) electrons. The predicted octanol–water partition coefficient (Wildman–Crippen LogP) is 37.1. The maximum atomic E-state index is 8.96. The van der Waals surface area contributed by atoms with Crippen LogP contribution in [-0.4, -0.2) is 18.3 Å². The molecular weight excluding hydrogens is 1560 g/mol. The number of hydrogen-bond donors (Lipinski definition) is 0. The zero-order chi connectivity index (χ0) is 101. The maximum absolute atomic E-state index is 8.96. The molecule has 0 aliphatic rings. The summed E-state index contributed by atoms with van der Waals surface area (Å²) in [6, 6.07) is 76.3. The van der Waals surface area contributed by atoms with E-state index in [2.05, 4.69) is 374 Å². The standard InChI is InChI=1S/C67H78N2.C51H46N2.3C2H6.CH4/c1-41-57(69-59-27-24-46(62(2,3)4)39-55(59)56-40-47(63(5,6)7)25-28-60(56)69)29-26-54-53-22-20-21-23-58(53)68(61(41)54)52-35-42(44-31-48(64(8,9)10)37-49(32-44)65(11,12)13)30-43(36-52)45-33-50(66(14,15)16)38-51(34-45)67(17,18)19;1-33-45(53-47-25-22-38(50(2,3)4)31-43(47)44-32-39(51(5,6)7)23-26-48(44)53)27-24-42-41-20-14-15-21-46(41)52(49(33)42)40-29-36(34-16-10-8-11-17-34)28-37(30-40)35-18-12-9-13-19-35;3*1-2;/h20-40H,1-19H3;8-32H,1-7H3;3*1-2H3;1H4/i;8D,9D,10D,11D,12D,13D,16D,17D,18D,19D;;;;. The largest absolute Gasteiger partial charge is 0.309 e. The van der Waals surface area contributed by atoms with Crippen LogP contribution in [0.4, 0.5) is 0 Å². The molecule has 4 heteroatoms. The fraction of sp³-hybridized carbons (Fsp3) is 0.328. The molecule has 0 N–H and O–H groups in total. The summed E-state index contributed by atoms with van der Waals surface area (Å²) in [6.07, 6.45) is 0. The molecule has 0 saturated carbocycles. The number of nitrogens with zero attached hydrogens (tertiary/aromatic N) is 4. The quantitative estimate of drug-likeness (QED) is 0.144. The van der Waals surface area contributed by atoms with Crippen LogP contribution in [0.2, 0.25) is 0 Å². The Labute approximate surface area is 788 Å². The maximum Gasteiger partial charge on any atom is 0.0629 e. The Morgan fingerprint density at radius 1 is 0.202 bits per heavy atom. The highest BCUT2D eigenvalue weighted by molar-refractivity contribution is 6.16. The molecule has 18 rings (SSSR count). The lowest BCUT2D eigenvalue weighted by atomic mass is 9.78. The summed E-state index contributed by atoms with van der Waals surface area (Å²) in [7, 11) is 0. The summed E-state index contributed by atoms with van der Waals surface area (Å²) < 4.78 is 96.1. The number of hydrogen-bond acceptors (Lipinski definition) is 0. The van der Waals surface area contributed by atoms with Crippen LogP contribution >= 0.6 is 0 Å². The molecule has 4 heterocycles. The molecule has 4 aromatic heterocycles. The molecule has 0 unspecified atom stereocenters. The highest BCUT2D eigenvalue weighted by Crippen LogP contribution is 2.48. The fourth-order valence-electron chi connectivity index (χ4n) is 18.1. The van der Waals surface area contributed by atoms with E-state index >= 15 is 0 Å². The summed E-state index contributed by atoms with van der Waals surface area (Å²) >= 11 is 0. The van der Waals surface area contributed by atoms with Crippen molar-refractivity contribution in [1.29, 1.82) is 0 Å². The first-order valence-corrected chi connectivity index (χ1v) is 46.5. The molecule has 0 atom stereocenters. The molecule has 129 heavy (non-hydrogen) atoms. The zero-order valence-electron chi connectivity index (χ0n) is 92.6. The van der Waals surface area contributed by atoms with Crippen molar-refractivity contribution in [3.05, 3.63) is 334 Å². The van der Waals surface area contributed by atoms with Crippen molar-refractivity contribution < 1.29 is 13.7 Å². The second-order valence-corrected chi connectivity index (χ2v) is 42.7. The van der Waals surface area contributed by atoms with Crippen LogP contribution in [-0.2, 0) is 43.3 Å². The third-order valence-corrected chi connectivity index (χ3v) is 25.5. The second kappa shape index (κ2) is 35.6. The highest BCUT2D eigenvalue weighted by Gasteiger charge is 2.31. The van der Waals surface area contributed by atoms with Crippen molar-refractivity contribution in [2.24, 2.45) is 0 Å². The lowest BCUT2D eigenvalue weighted by Crippen LogP contribution is -2.16. The van der Waals surface area contributed by atoms with E-state index in [1.54, 1.807) is 18.2 Å². The number of aromatic nitrogens is 4. The second-order valence-electron chi connectivity index (χ2n) is 42.7. The van der Waals surface area contributed by atoms with Gasteiger partial charge >= 0.3 is 0 Å². The molecule has 666 valence electrons.